The average molecular weight is 313 g/mol. The van der Waals surface area contributed by atoms with Crippen LogP contribution in [0.15, 0.2) is 29.2 Å². The zero-order valence-electron chi connectivity index (χ0n) is 13.8. The van der Waals surface area contributed by atoms with Gasteiger partial charge in [0.15, 0.2) is 0 Å². The molecule has 120 valence electrons. The topological polar surface area (TPSA) is 66.4 Å². The number of sulfonamides is 1. The van der Waals surface area contributed by atoms with E-state index in [-0.39, 0.29) is 10.3 Å². The maximum atomic E-state index is 12.5. The lowest BCUT2D eigenvalue weighted by Gasteiger charge is -2.33. The van der Waals surface area contributed by atoms with Gasteiger partial charge in [0.25, 0.3) is 0 Å². The van der Waals surface area contributed by atoms with E-state index in [9.17, 15) is 13.5 Å². The van der Waals surface area contributed by atoms with E-state index in [0.29, 0.717) is 5.56 Å². The molecule has 1 unspecified atom stereocenters. The van der Waals surface area contributed by atoms with Gasteiger partial charge in [0.2, 0.25) is 10.0 Å². The number of rotatable bonds is 5. The van der Waals surface area contributed by atoms with Crippen LogP contribution in [0.2, 0.25) is 0 Å². The van der Waals surface area contributed by atoms with Crippen molar-refractivity contribution < 1.29 is 13.5 Å². The SMILES string of the molecule is CC(O)c1cccc(S(=O)(=O)NC(C)(C)CC(C)(C)C)c1. The zero-order chi connectivity index (χ0) is 16.5. The standard InChI is InChI=1S/C16H27NO3S/c1-12(18)13-8-7-9-14(10-13)21(19,20)17-16(5,6)11-15(2,3)4/h7-10,12,17-18H,11H2,1-6H3. The molecule has 0 saturated heterocycles. The molecule has 0 radical (unpaired) electrons. The fourth-order valence-electron chi connectivity index (χ4n) is 2.73. The third-order valence-corrected chi connectivity index (χ3v) is 4.73. The number of hydrogen-bond donors (Lipinski definition) is 2. The monoisotopic (exact) mass is 313 g/mol. The molecule has 0 heterocycles. The number of nitrogens with one attached hydrogen (secondary N) is 1. The van der Waals surface area contributed by atoms with Crippen molar-refractivity contribution in [2.24, 2.45) is 5.41 Å². The van der Waals surface area contributed by atoms with Gasteiger partial charge >= 0.3 is 0 Å². The Morgan fingerprint density at radius 2 is 1.76 bits per heavy atom. The molecule has 21 heavy (non-hydrogen) atoms. The highest BCUT2D eigenvalue weighted by Gasteiger charge is 2.30. The van der Waals surface area contributed by atoms with Gasteiger partial charge in [-0.25, -0.2) is 13.1 Å². The van der Waals surface area contributed by atoms with Gasteiger partial charge < -0.3 is 5.11 Å². The van der Waals surface area contributed by atoms with Crippen molar-refractivity contribution in [1.82, 2.24) is 4.72 Å². The Bertz CT molecular complexity index is 584. The molecule has 0 spiro atoms. The van der Waals surface area contributed by atoms with E-state index < -0.39 is 21.7 Å². The van der Waals surface area contributed by atoms with Crippen LogP contribution in [0.3, 0.4) is 0 Å². The predicted octanol–water partition coefficient (Wildman–Crippen LogP) is 3.23. The summed E-state index contributed by atoms with van der Waals surface area (Å²) in [5, 5.41) is 9.58. The molecule has 0 bridgehead atoms. The normalized spacial score (nSPS) is 15.0. The molecular weight excluding hydrogens is 286 g/mol. The molecule has 1 rings (SSSR count). The Balaban J connectivity index is 3.04. The summed E-state index contributed by atoms with van der Waals surface area (Å²) < 4.78 is 27.8. The Morgan fingerprint density at radius 3 is 2.24 bits per heavy atom. The first-order valence-electron chi connectivity index (χ1n) is 7.14. The molecule has 0 fully saturated rings. The summed E-state index contributed by atoms with van der Waals surface area (Å²) in [7, 11) is -3.61. The average Bonchev–Trinajstić information content (AvgIpc) is 2.24. The lowest BCUT2D eigenvalue weighted by Crippen LogP contribution is -2.45. The Morgan fingerprint density at radius 1 is 1.19 bits per heavy atom. The van der Waals surface area contributed by atoms with Gasteiger partial charge in [-0.15, -0.1) is 0 Å². The van der Waals surface area contributed by atoms with Crippen molar-refractivity contribution in [2.45, 2.75) is 64.5 Å². The van der Waals surface area contributed by atoms with Gasteiger partial charge in [0, 0.05) is 5.54 Å². The number of hydrogen-bond acceptors (Lipinski definition) is 3. The first kappa shape index (κ1) is 18.1. The third-order valence-electron chi connectivity index (χ3n) is 3.03. The Kier molecular flexibility index (Phi) is 5.24. The van der Waals surface area contributed by atoms with Crippen molar-refractivity contribution in [1.29, 1.82) is 0 Å². The maximum absolute atomic E-state index is 12.5. The molecule has 0 aromatic heterocycles. The highest BCUT2D eigenvalue weighted by atomic mass is 32.2. The fraction of sp³-hybridized carbons (Fsp3) is 0.625. The van der Waals surface area contributed by atoms with Gasteiger partial charge in [-0.2, -0.15) is 0 Å². The van der Waals surface area contributed by atoms with Crippen LogP contribution in [0.25, 0.3) is 0 Å². The van der Waals surface area contributed by atoms with Crippen LogP contribution >= 0.6 is 0 Å². The van der Waals surface area contributed by atoms with E-state index in [1.165, 1.54) is 6.07 Å². The summed E-state index contributed by atoms with van der Waals surface area (Å²) in [6.45, 7) is 11.6. The van der Waals surface area contributed by atoms with Crippen LogP contribution in [0.1, 0.15) is 59.6 Å². The molecule has 2 N–H and O–H groups in total. The smallest absolute Gasteiger partial charge is 0.241 e. The van der Waals surface area contributed by atoms with E-state index in [4.69, 9.17) is 0 Å². The third kappa shape index (κ3) is 5.77. The van der Waals surface area contributed by atoms with E-state index in [2.05, 4.69) is 25.5 Å². The minimum atomic E-state index is -3.61. The summed E-state index contributed by atoms with van der Waals surface area (Å²) in [5.74, 6) is 0. The largest absolute Gasteiger partial charge is 0.389 e. The molecule has 0 aliphatic rings. The summed E-state index contributed by atoms with van der Waals surface area (Å²) in [5.41, 5.74) is 0.0669. The van der Waals surface area contributed by atoms with E-state index in [1.807, 2.05) is 13.8 Å². The van der Waals surface area contributed by atoms with Gasteiger partial charge in [-0.3, -0.25) is 0 Å². The first-order chi connectivity index (χ1) is 9.32. The minimum absolute atomic E-state index is 0.0213. The van der Waals surface area contributed by atoms with Crippen LogP contribution in [0.4, 0.5) is 0 Å². The van der Waals surface area contributed by atoms with Crippen molar-refractivity contribution in [3.8, 4) is 0 Å². The minimum Gasteiger partial charge on any atom is -0.389 e. The van der Waals surface area contributed by atoms with Gasteiger partial charge in [0.1, 0.15) is 0 Å². The lowest BCUT2D eigenvalue weighted by atomic mass is 9.82. The molecule has 4 nitrogen and oxygen atoms in total. The van der Waals surface area contributed by atoms with Crippen molar-refractivity contribution >= 4 is 10.0 Å². The van der Waals surface area contributed by atoms with E-state index in [0.717, 1.165) is 6.42 Å². The summed E-state index contributed by atoms with van der Waals surface area (Å²) in [4.78, 5) is 0.183. The van der Waals surface area contributed by atoms with Gasteiger partial charge in [0.05, 0.1) is 11.0 Å². The number of aliphatic hydroxyl groups is 1. The first-order valence-corrected chi connectivity index (χ1v) is 8.63. The number of benzene rings is 1. The Labute approximate surface area is 128 Å². The second-order valence-corrected chi connectivity index (χ2v) is 9.16. The molecule has 0 aliphatic carbocycles. The lowest BCUT2D eigenvalue weighted by molar-refractivity contribution is 0.199. The quantitative estimate of drug-likeness (QED) is 0.877. The summed E-state index contributed by atoms with van der Waals surface area (Å²) in [6, 6.07) is 6.42. The molecule has 1 aromatic rings. The molecule has 1 aromatic carbocycles. The molecule has 0 aliphatic heterocycles. The van der Waals surface area contributed by atoms with Crippen LogP contribution in [0.5, 0.6) is 0 Å². The molecule has 5 heteroatoms. The van der Waals surface area contributed by atoms with Crippen LogP contribution in [0, 0.1) is 5.41 Å². The van der Waals surface area contributed by atoms with Crippen molar-refractivity contribution in [3.05, 3.63) is 29.8 Å². The maximum Gasteiger partial charge on any atom is 0.241 e. The highest BCUT2D eigenvalue weighted by molar-refractivity contribution is 7.89. The van der Waals surface area contributed by atoms with Gasteiger partial charge in [-0.05, 0) is 50.3 Å². The Hall–Kier alpha value is -0.910. The van der Waals surface area contributed by atoms with Crippen LogP contribution in [-0.2, 0) is 10.0 Å². The van der Waals surface area contributed by atoms with Gasteiger partial charge in [-0.1, -0.05) is 32.9 Å². The highest BCUT2D eigenvalue weighted by Crippen LogP contribution is 2.28. The fourth-order valence-corrected chi connectivity index (χ4v) is 4.19. The van der Waals surface area contributed by atoms with Crippen molar-refractivity contribution in [3.63, 3.8) is 0 Å². The second-order valence-electron chi connectivity index (χ2n) is 7.48. The molecular formula is C16H27NO3S. The van der Waals surface area contributed by atoms with Crippen LogP contribution in [-0.4, -0.2) is 19.1 Å². The number of aliphatic hydroxyl groups excluding tert-OH is 1. The van der Waals surface area contributed by atoms with Crippen molar-refractivity contribution in [2.75, 3.05) is 0 Å². The van der Waals surface area contributed by atoms with E-state index in [1.54, 1.807) is 25.1 Å². The zero-order valence-corrected chi connectivity index (χ0v) is 14.6. The van der Waals surface area contributed by atoms with E-state index >= 15 is 0 Å². The summed E-state index contributed by atoms with van der Waals surface area (Å²) in [6.07, 6.45) is 0.0257. The summed E-state index contributed by atoms with van der Waals surface area (Å²) >= 11 is 0. The molecule has 0 amide bonds. The predicted molar refractivity (Wildman–Crippen MR) is 85.5 cm³/mol. The molecule has 1 atom stereocenters. The second kappa shape index (κ2) is 6.07. The van der Waals surface area contributed by atoms with Crippen LogP contribution < -0.4 is 4.72 Å². The molecule has 0 saturated carbocycles.